The van der Waals surface area contributed by atoms with Crippen LogP contribution in [0.4, 0.5) is 4.39 Å². The minimum absolute atomic E-state index is 0.0764. The van der Waals surface area contributed by atoms with Crippen molar-refractivity contribution in [3.8, 4) is 11.5 Å². The molecule has 0 radical (unpaired) electrons. The van der Waals surface area contributed by atoms with Crippen LogP contribution in [-0.2, 0) is 6.54 Å². The molecule has 1 aliphatic heterocycles. The van der Waals surface area contributed by atoms with Gasteiger partial charge < -0.3 is 4.42 Å². The summed E-state index contributed by atoms with van der Waals surface area (Å²) in [6.45, 7) is 8.94. The average molecular weight is 394 g/mol. The lowest BCUT2D eigenvalue weighted by molar-refractivity contribution is 0.184. The summed E-state index contributed by atoms with van der Waals surface area (Å²) in [6.07, 6.45) is 1.07. The summed E-state index contributed by atoms with van der Waals surface area (Å²) in [6, 6.07) is 15.0. The monoisotopic (exact) mass is 394 g/mol. The molecular weight excluding hydrogens is 367 g/mol. The fraction of sp³-hybridized carbons (Fsp3) is 0.391. The molecule has 0 bridgehead atoms. The second kappa shape index (κ2) is 8.84. The van der Waals surface area contributed by atoms with E-state index in [-0.39, 0.29) is 11.9 Å². The maximum absolute atomic E-state index is 13.1. The molecule has 0 saturated carbocycles. The van der Waals surface area contributed by atoms with Crippen LogP contribution in [0.2, 0.25) is 0 Å². The van der Waals surface area contributed by atoms with Crippen molar-refractivity contribution in [3.63, 3.8) is 0 Å². The first kappa shape index (κ1) is 19.7. The van der Waals surface area contributed by atoms with Crippen LogP contribution in [0.5, 0.6) is 0 Å². The zero-order valence-electron chi connectivity index (χ0n) is 17.0. The highest BCUT2D eigenvalue weighted by molar-refractivity contribution is 5.52. The van der Waals surface area contributed by atoms with E-state index in [9.17, 15) is 4.39 Å². The molecule has 1 atom stereocenters. The number of hydrogen-bond acceptors (Lipinski definition) is 5. The molecule has 29 heavy (non-hydrogen) atoms. The predicted octanol–water partition coefficient (Wildman–Crippen LogP) is 4.45. The van der Waals surface area contributed by atoms with E-state index in [2.05, 4.69) is 33.8 Å². The first-order valence-electron chi connectivity index (χ1n) is 10.2. The normalized spacial score (nSPS) is 17.2. The maximum atomic E-state index is 13.1. The summed E-state index contributed by atoms with van der Waals surface area (Å²) in [5.74, 6) is 1.04. The van der Waals surface area contributed by atoms with Gasteiger partial charge in [-0.2, -0.15) is 0 Å². The Morgan fingerprint density at radius 1 is 0.966 bits per heavy atom. The molecule has 1 unspecified atom stereocenters. The highest BCUT2D eigenvalue weighted by Gasteiger charge is 2.24. The van der Waals surface area contributed by atoms with Crippen molar-refractivity contribution >= 4 is 0 Å². The lowest BCUT2D eigenvalue weighted by atomic mass is 10.1. The van der Waals surface area contributed by atoms with Gasteiger partial charge in [-0.3, -0.25) is 9.80 Å². The van der Waals surface area contributed by atoms with Gasteiger partial charge in [-0.05, 0) is 56.6 Å². The smallest absolute Gasteiger partial charge is 0.247 e. The molecule has 5 nitrogen and oxygen atoms in total. The van der Waals surface area contributed by atoms with E-state index >= 15 is 0 Å². The van der Waals surface area contributed by atoms with Crippen LogP contribution < -0.4 is 0 Å². The third kappa shape index (κ3) is 4.89. The van der Waals surface area contributed by atoms with Gasteiger partial charge in [0.15, 0.2) is 0 Å². The molecule has 2 heterocycles. The largest absolute Gasteiger partial charge is 0.419 e. The zero-order valence-corrected chi connectivity index (χ0v) is 17.0. The van der Waals surface area contributed by atoms with Crippen molar-refractivity contribution in [2.24, 2.45) is 0 Å². The molecular formula is C23H27FN4O. The first-order chi connectivity index (χ1) is 14.1. The Morgan fingerprint density at radius 2 is 1.72 bits per heavy atom. The quantitative estimate of drug-likeness (QED) is 0.640. The first-order valence-corrected chi connectivity index (χ1v) is 10.2. The van der Waals surface area contributed by atoms with Crippen LogP contribution in [0.3, 0.4) is 0 Å². The van der Waals surface area contributed by atoms with Crippen molar-refractivity contribution < 1.29 is 8.81 Å². The van der Waals surface area contributed by atoms with Crippen LogP contribution >= 0.6 is 0 Å². The van der Waals surface area contributed by atoms with E-state index in [1.165, 1.54) is 17.7 Å². The topological polar surface area (TPSA) is 45.4 Å². The average Bonchev–Trinajstić information content (AvgIpc) is 3.10. The number of aromatic nitrogens is 2. The van der Waals surface area contributed by atoms with Crippen LogP contribution in [0.15, 0.2) is 52.9 Å². The lowest BCUT2D eigenvalue weighted by Crippen LogP contribution is -2.32. The van der Waals surface area contributed by atoms with Gasteiger partial charge in [0.1, 0.15) is 5.82 Å². The van der Waals surface area contributed by atoms with Gasteiger partial charge in [-0.25, -0.2) is 4.39 Å². The third-order valence-corrected chi connectivity index (χ3v) is 5.59. The van der Waals surface area contributed by atoms with Crippen molar-refractivity contribution in [1.82, 2.24) is 20.0 Å². The maximum Gasteiger partial charge on any atom is 0.247 e. The second-order valence-corrected chi connectivity index (χ2v) is 7.78. The number of aryl methyl sites for hydroxylation is 1. The highest BCUT2D eigenvalue weighted by atomic mass is 19.1. The van der Waals surface area contributed by atoms with Gasteiger partial charge in [0, 0.05) is 31.7 Å². The lowest BCUT2D eigenvalue weighted by Gasteiger charge is -2.25. The molecule has 0 N–H and O–H groups in total. The molecule has 2 aromatic carbocycles. The Kier molecular flexibility index (Phi) is 6.02. The Labute approximate surface area is 171 Å². The summed E-state index contributed by atoms with van der Waals surface area (Å²) in [7, 11) is 0. The molecule has 3 aromatic rings. The molecule has 1 saturated heterocycles. The van der Waals surface area contributed by atoms with Crippen LogP contribution in [0.25, 0.3) is 11.5 Å². The van der Waals surface area contributed by atoms with Gasteiger partial charge in [-0.15, -0.1) is 10.2 Å². The Bertz CT molecular complexity index is 923. The minimum atomic E-state index is -0.186. The summed E-state index contributed by atoms with van der Waals surface area (Å²) in [5, 5.41) is 8.56. The molecule has 152 valence electrons. The molecule has 1 fully saturated rings. The van der Waals surface area contributed by atoms with Gasteiger partial charge in [0.2, 0.25) is 11.8 Å². The van der Waals surface area contributed by atoms with Gasteiger partial charge in [0.05, 0.1) is 6.04 Å². The number of nitrogens with zero attached hydrogens (tertiary/aromatic N) is 4. The van der Waals surface area contributed by atoms with E-state index in [0.717, 1.165) is 50.3 Å². The van der Waals surface area contributed by atoms with E-state index in [1.54, 1.807) is 0 Å². The van der Waals surface area contributed by atoms with Gasteiger partial charge in [-0.1, -0.05) is 29.8 Å². The summed E-state index contributed by atoms with van der Waals surface area (Å²) in [5.41, 5.74) is 3.30. The Morgan fingerprint density at radius 3 is 2.48 bits per heavy atom. The van der Waals surface area contributed by atoms with E-state index < -0.39 is 0 Å². The van der Waals surface area contributed by atoms with Crippen LogP contribution in [0.1, 0.15) is 36.4 Å². The van der Waals surface area contributed by atoms with Crippen molar-refractivity contribution in [3.05, 3.63) is 71.4 Å². The molecule has 0 amide bonds. The molecule has 4 rings (SSSR count). The Balaban J connectivity index is 1.37. The van der Waals surface area contributed by atoms with Crippen LogP contribution in [0, 0.1) is 12.7 Å². The SMILES string of the molecule is Cc1ccc(-c2nnc(C(C)N3CCCN(Cc4ccc(F)cc4)CC3)o2)cc1. The molecule has 0 spiro atoms. The van der Waals surface area contributed by atoms with E-state index in [1.807, 2.05) is 36.4 Å². The van der Waals surface area contributed by atoms with Crippen LogP contribution in [-0.4, -0.2) is 46.2 Å². The summed E-state index contributed by atoms with van der Waals surface area (Å²) < 4.78 is 19.1. The minimum Gasteiger partial charge on any atom is -0.419 e. The number of hydrogen-bond donors (Lipinski definition) is 0. The molecule has 1 aliphatic rings. The number of benzene rings is 2. The standard InChI is InChI=1S/C23H27FN4O/c1-17-4-8-20(9-5-17)23-26-25-22(29-23)18(2)28-13-3-12-27(14-15-28)16-19-6-10-21(24)11-7-19/h4-11,18H,3,12-16H2,1-2H3. The zero-order chi connectivity index (χ0) is 20.2. The Hall–Kier alpha value is -2.57. The van der Waals surface area contributed by atoms with Crippen molar-refractivity contribution in [2.75, 3.05) is 26.2 Å². The summed E-state index contributed by atoms with van der Waals surface area (Å²) in [4.78, 5) is 4.82. The van der Waals surface area contributed by atoms with E-state index in [4.69, 9.17) is 4.42 Å². The highest BCUT2D eigenvalue weighted by Crippen LogP contribution is 2.25. The molecule has 6 heteroatoms. The second-order valence-electron chi connectivity index (χ2n) is 7.78. The van der Waals surface area contributed by atoms with Crippen molar-refractivity contribution in [1.29, 1.82) is 0 Å². The molecule has 0 aliphatic carbocycles. The van der Waals surface area contributed by atoms with Gasteiger partial charge >= 0.3 is 0 Å². The third-order valence-electron chi connectivity index (χ3n) is 5.59. The fourth-order valence-corrected chi connectivity index (χ4v) is 3.76. The number of halogens is 1. The molecule has 1 aromatic heterocycles. The number of rotatable bonds is 5. The summed E-state index contributed by atoms with van der Waals surface area (Å²) >= 11 is 0. The van der Waals surface area contributed by atoms with Crippen molar-refractivity contribution in [2.45, 2.75) is 32.9 Å². The van der Waals surface area contributed by atoms with E-state index in [0.29, 0.717) is 11.8 Å². The predicted molar refractivity (Wildman–Crippen MR) is 111 cm³/mol. The van der Waals surface area contributed by atoms with Gasteiger partial charge in [0.25, 0.3) is 0 Å². The fourth-order valence-electron chi connectivity index (χ4n) is 3.76.